The molecule has 0 bridgehead atoms. The van der Waals surface area contributed by atoms with Gasteiger partial charge in [-0.2, -0.15) is 0 Å². The Kier molecular flexibility index (Phi) is 8.66. The minimum Gasteiger partial charge on any atom is -0.469 e. The molecule has 31 heavy (non-hydrogen) atoms. The van der Waals surface area contributed by atoms with E-state index in [1.165, 1.54) is 19.2 Å². The molecule has 1 heterocycles. The van der Waals surface area contributed by atoms with E-state index in [-0.39, 0.29) is 12.6 Å². The van der Waals surface area contributed by atoms with E-state index in [1.54, 1.807) is 24.4 Å². The number of esters is 2. The van der Waals surface area contributed by atoms with Crippen molar-refractivity contribution in [3.8, 4) is 0 Å². The molecule has 9 heteroatoms. The first kappa shape index (κ1) is 23.5. The molecule has 164 valence electrons. The van der Waals surface area contributed by atoms with Crippen LogP contribution in [0.1, 0.15) is 30.0 Å². The largest absolute Gasteiger partial charge is 0.469 e. The Balaban J connectivity index is 1.78. The van der Waals surface area contributed by atoms with E-state index in [0.717, 1.165) is 11.1 Å². The summed E-state index contributed by atoms with van der Waals surface area (Å²) in [6.07, 6.45) is 2.61. The smallest absolute Gasteiger partial charge is 0.337 e. The molecule has 1 unspecified atom stereocenters. The van der Waals surface area contributed by atoms with Crippen LogP contribution >= 0.6 is 35.3 Å². The Morgan fingerprint density at radius 1 is 1.16 bits per heavy atom. The van der Waals surface area contributed by atoms with E-state index in [4.69, 9.17) is 27.9 Å². The van der Waals surface area contributed by atoms with Crippen molar-refractivity contribution < 1.29 is 19.1 Å². The number of halogens is 2. The van der Waals surface area contributed by atoms with Crippen molar-refractivity contribution in [3.63, 3.8) is 0 Å². The Morgan fingerprint density at radius 2 is 1.94 bits per heavy atom. The number of ether oxygens (including phenoxy) is 2. The molecule has 1 atom stereocenters. The Morgan fingerprint density at radius 3 is 2.65 bits per heavy atom. The first-order valence-electron chi connectivity index (χ1n) is 9.61. The van der Waals surface area contributed by atoms with Crippen molar-refractivity contribution in [1.82, 2.24) is 9.03 Å². The SMILES string of the molecule is COC(=O)CCCN1C=C(C(=O)OCc2ccccc2)C(c2ccc(Cl)cc2Cl)NS1. The molecule has 0 amide bonds. The van der Waals surface area contributed by atoms with Gasteiger partial charge in [0.25, 0.3) is 0 Å². The summed E-state index contributed by atoms with van der Waals surface area (Å²) in [4.78, 5) is 24.4. The molecule has 3 rings (SSSR count). The van der Waals surface area contributed by atoms with Crippen molar-refractivity contribution in [1.29, 1.82) is 0 Å². The van der Waals surface area contributed by atoms with Crippen molar-refractivity contribution >= 4 is 47.3 Å². The number of rotatable bonds is 8. The van der Waals surface area contributed by atoms with Crippen LogP contribution in [0.5, 0.6) is 0 Å². The third kappa shape index (κ3) is 6.64. The second kappa shape index (κ2) is 11.4. The fourth-order valence-corrected chi connectivity index (χ4v) is 4.37. The van der Waals surface area contributed by atoms with Gasteiger partial charge in [0, 0.05) is 41.3 Å². The zero-order chi connectivity index (χ0) is 22.2. The molecule has 1 aliphatic rings. The molecule has 0 spiro atoms. The maximum Gasteiger partial charge on any atom is 0.337 e. The topological polar surface area (TPSA) is 67.9 Å². The molecule has 0 radical (unpaired) electrons. The van der Waals surface area contributed by atoms with Crippen LogP contribution in [-0.4, -0.2) is 29.9 Å². The normalized spacial score (nSPS) is 15.9. The minimum atomic E-state index is -0.477. The molecule has 1 N–H and O–H groups in total. The lowest BCUT2D eigenvalue weighted by Crippen LogP contribution is -2.32. The molecule has 1 aliphatic heterocycles. The Hall–Kier alpha value is -2.19. The van der Waals surface area contributed by atoms with E-state index in [2.05, 4.69) is 9.46 Å². The zero-order valence-electron chi connectivity index (χ0n) is 16.8. The molecule has 0 fully saturated rings. The number of carbonyl (C=O) groups is 2. The summed E-state index contributed by atoms with van der Waals surface area (Å²) < 4.78 is 15.3. The van der Waals surface area contributed by atoms with Crippen molar-refractivity contribution in [2.75, 3.05) is 13.7 Å². The molecule has 2 aromatic carbocycles. The monoisotopic (exact) mass is 480 g/mol. The first-order chi connectivity index (χ1) is 15.0. The van der Waals surface area contributed by atoms with Gasteiger partial charge < -0.3 is 13.8 Å². The summed E-state index contributed by atoms with van der Waals surface area (Å²) in [7, 11) is 1.36. The predicted molar refractivity (Wildman–Crippen MR) is 122 cm³/mol. The maximum absolute atomic E-state index is 13.0. The number of hydrogen-bond donors (Lipinski definition) is 1. The van der Waals surface area contributed by atoms with E-state index in [9.17, 15) is 9.59 Å². The summed E-state index contributed by atoms with van der Waals surface area (Å²) in [5.74, 6) is -0.724. The summed E-state index contributed by atoms with van der Waals surface area (Å²) >= 11 is 13.8. The van der Waals surface area contributed by atoms with E-state index < -0.39 is 12.0 Å². The number of benzene rings is 2. The highest BCUT2D eigenvalue weighted by molar-refractivity contribution is 7.95. The number of nitrogens with zero attached hydrogens (tertiary/aromatic N) is 1. The average molecular weight is 481 g/mol. The van der Waals surface area contributed by atoms with Gasteiger partial charge in [0.2, 0.25) is 0 Å². The van der Waals surface area contributed by atoms with Crippen LogP contribution in [0.2, 0.25) is 10.0 Å². The highest BCUT2D eigenvalue weighted by Crippen LogP contribution is 2.36. The molecule has 0 saturated carbocycles. The lowest BCUT2D eigenvalue weighted by molar-refractivity contribution is -0.141. The van der Waals surface area contributed by atoms with Gasteiger partial charge in [-0.25, -0.2) is 9.52 Å². The van der Waals surface area contributed by atoms with Gasteiger partial charge in [0.05, 0.1) is 18.7 Å². The first-order valence-corrected chi connectivity index (χ1v) is 11.1. The summed E-state index contributed by atoms with van der Waals surface area (Å²) in [6.45, 7) is 0.705. The maximum atomic E-state index is 13.0. The van der Waals surface area contributed by atoms with Crippen LogP contribution in [-0.2, 0) is 25.7 Å². The van der Waals surface area contributed by atoms with E-state index in [1.807, 2.05) is 34.6 Å². The average Bonchev–Trinajstić information content (AvgIpc) is 2.78. The van der Waals surface area contributed by atoms with Crippen LogP contribution in [0.25, 0.3) is 0 Å². The number of carbonyl (C=O) groups excluding carboxylic acids is 2. The van der Waals surface area contributed by atoms with Crippen LogP contribution < -0.4 is 4.72 Å². The predicted octanol–water partition coefficient (Wildman–Crippen LogP) is 5.08. The lowest BCUT2D eigenvalue weighted by Gasteiger charge is -2.31. The van der Waals surface area contributed by atoms with Gasteiger partial charge in [0.15, 0.2) is 0 Å². The van der Waals surface area contributed by atoms with Gasteiger partial charge in [0.1, 0.15) is 6.61 Å². The summed E-state index contributed by atoms with van der Waals surface area (Å²) in [5, 5.41) is 0.963. The quantitative estimate of drug-likeness (QED) is 0.417. The summed E-state index contributed by atoms with van der Waals surface area (Å²) in [6, 6.07) is 14.1. The second-order valence-corrected chi connectivity index (χ2v) is 8.51. The highest BCUT2D eigenvalue weighted by atomic mass is 35.5. The fraction of sp³-hybridized carbons (Fsp3) is 0.273. The molecular weight excluding hydrogens is 459 g/mol. The molecular formula is C22H22Cl2N2O4S. The van der Waals surface area contributed by atoms with Gasteiger partial charge in [-0.15, -0.1) is 0 Å². The standard InChI is InChI=1S/C22H22Cl2N2O4S/c1-29-20(27)8-5-11-26-13-18(22(28)30-14-15-6-3-2-4-7-15)21(25-31-26)17-10-9-16(23)12-19(17)24/h2-4,6-7,9-10,12-13,21,25H,5,8,11,14H2,1H3. The van der Waals surface area contributed by atoms with Crippen LogP contribution in [0.15, 0.2) is 60.3 Å². The van der Waals surface area contributed by atoms with Crippen LogP contribution in [0.4, 0.5) is 0 Å². The highest BCUT2D eigenvalue weighted by Gasteiger charge is 2.31. The van der Waals surface area contributed by atoms with Crippen LogP contribution in [0.3, 0.4) is 0 Å². The van der Waals surface area contributed by atoms with E-state index >= 15 is 0 Å². The van der Waals surface area contributed by atoms with Crippen LogP contribution in [0, 0.1) is 0 Å². The fourth-order valence-electron chi connectivity index (χ4n) is 2.98. The molecule has 0 saturated heterocycles. The van der Waals surface area contributed by atoms with Gasteiger partial charge in [-0.1, -0.05) is 59.6 Å². The third-order valence-corrected chi connectivity index (χ3v) is 6.02. The number of methoxy groups -OCH3 is 1. The second-order valence-electron chi connectivity index (χ2n) is 6.77. The number of nitrogens with one attached hydrogen (secondary N) is 1. The Bertz CT molecular complexity index is 956. The number of hydrogen-bond acceptors (Lipinski definition) is 7. The van der Waals surface area contributed by atoms with Crippen molar-refractivity contribution in [3.05, 3.63) is 81.5 Å². The minimum absolute atomic E-state index is 0.160. The van der Waals surface area contributed by atoms with Gasteiger partial charge in [-0.05, 0) is 29.7 Å². The van der Waals surface area contributed by atoms with E-state index in [0.29, 0.717) is 35.0 Å². The molecule has 2 aromatic rings. The van der Waals surface area contributed by atoms with Crippen molar-refractivity contribution in [2.45, 2.75) is 25.5 Å². The third-order valence-electron chi connectivity index (χ3n) is 4.59. The van der Waals surface area contributed by atoms with Crippen molar-refractivity contribution in [2.24, 2.45) is 0 Å². The summed E-state index contributed by atoms with van der Waals surface area (Å²) in [5.41, 5.74) is 2.03. The zero-order valence-corrected chi connectivity index (χ0v) is 19.2. The van der Waals surface area contributed by atoms with Gasteiger partial charge in [-0.3, -0.25) is 4.79 Å². The molecule has 0 aliphatic carbocycles. The van der Waals surface area contributed by atoms with Gasteiger partial charge >= 0.3 is 11.9 Å². The molecule has 6 nitrogen and oxygen atoms in total. The molecule has 0 aromatic heterocycles. The lowest BCUT2D eigenvalue weighted by atomic mass is 10.00. The Labute approximate surface area is 195 Å².